The quantitative estimate of drug-likeness (QED) is 0.580. The number of rotatable bonds is 1. The summed E-state index contributed by atoms with van der Waals surface area (Å²) in [6.07, 6.45) is 1.14. The first-order valence-corrected chi connectivity index (χ1v) is 4.39. The zero-order valence-electron chi connectivity index (χ0n) is 5.71. The second-order valence-electron chi connectivity index (χ2n) is 2.42. The molecule has 0 spiro atoms. The predicted molar refractivity (Wildman–Crippen MR) is 40.6 cm³/mol. The van der Waals surface area contributed by atoms with Gasteiger partial charge in [0.2, 0.25) is 0 Å². The molecule has 1 fully saturated rings. The van der Waals surface area contributed by atoms with Crippen molar-refractivity contribution in [3.8, 4) is 0 Å². The zero-order chi connectivity index (χ0) is 6.69. The van der Waals surface area contributed by atoms with Gasteiger partial charge in [0.15, 0.2) is 0 Å². The van der Waals surface area contributed by atoms with Crippen LogP contribution in [-0.2, 0) is 0 Å². The van der Waals surface area contributed by atoms with E-state index < -0.39 is 0 Å². The maximum absolute atomic E-state index is 8.81. The van der Waals surface area contributed by atoms with E-state index in [0.717, 1.165) is 12.3 Å². The number of aliphatic hydroxyl groups excluding tert-OH is 1. The van der Waals surface area contributed by atoms with Crippen molar-refractivity contribution in [3.05, 3.63) is 0 Å². The van der Waals surface area contributed by atoms with Gasteiger partial charge in [0, 0.05) is 11.9 Å². The molecule has 1 heterocycles. The van der Waals surface area contributed by atoms with Crippen molar-refractivity contribution < 1.29 is 5.11 Å². The molecular weight excluding hydrogens is 134 g/mol. The van der Waals surface area contributed by atoms with Crippen molar-refractivity contribution >= 4 is 11.8 Å². The van der Waals surface area contributed by atoms with Gasteiger partial charge in [0.25, 0.3) is 0 Å². The third-order valence-corrected chi connectivity index (χ3v) is 2.84. The first kappa shape index (κ1) is 7.38. The fourth-order valence-electron chi connectivity index (χ4n) is 0.984. The van der Waals surface area contributed by atoms with Gasteiger partial charge in [-0.3, -0.25) is 4.90 Å². The number of aliphatic hydroxyl groups is 1. The second kappa shape index (κ2) is 3.44. The third-order valence-electron chi connectivity index (χ3n) is 1.72. The smallest absolute Gasteiger partial charge is 0.0587 e. The molecule has 0 amide bonds. The van der Waals surface area contributed by atoms with Crippen LogP contribution in [0.3, 0.4) is 0 Å². The minimum absolute atomic E-state index is 0.317. The van der Waals surface area contributed by atoms with Crippen LogP contribution in [0.25, 0.3) is 0 Å². The first-order valence-electron chi connectivity index (χ1n) is 3.23. The predicted octanol–water partition coefficient (Wildman–Crippen LogP) is 0.373. The summed E-state index contributed by atoms with van der Waals surface area (Å²) in [5.41, 5.74) is 0. The summed E-state index contributed by atoms with van der Waals surface area (Å²) in [5.74, 6) is 2.28. The van der Waals surface area contributed by atoms with Gasteiger partial charge in [-0.05, 0) is 19.2 Å². The van der Waals surface area contributed by atoms with Crippen LogP contribution in [0.2, 0.25) is 0 Å². The van der Waals surface area contributed by atoms with Crippen LogP contribution in [0.1, 0.15) is 6.42 Å². The zero-order valence-corrected chi connectivity index (χ0v) is 6.52. The minimum Gasteiger partial charge on any atom is -0.395 e. The fraction of sp³-hybridized carbons (Fsp3) is 1.00. The Morgan fingerprint density at radius 2 is 2.56 bits per heavy atom. The van der Waals surface area contributed by atoms with Gasteiger partial charge in [-0.15, -0.1) is 11.8 Å². The average Bonchev–Trinajstić information content (AvgIpc) is 1.89. The molecular formula is C6H13NOS. The van der Waals surface area contributed by atoms with Gasteiger partial charge in [0.05, 0.1) is 6.61 Å². The molecule has 1 aliphatic rings. The van der Waals surface area contributed by atoms with Gasteiger partial charge in [0.1, 0.15) is 0 Å². The van der Waals surface area contributed by atoms with E-state index in [1.807, 2.05) is 11.8 Å². The van der Waals surface area contributed by atoms with E-state index in [-0.39, 0.29) is 0 Å². The van der Waals surface area contributed by atoms with Crippen molar-refractivity contribution in [1.29, 1.82) is 0 Å². The topological polar surface area (TPSA) is 23.5 Å². The largest absolute Gasteiger partial charge is 0.395 e. The molecule has 0 aliphatic carbocycles. The number of thioether (sulfide) groups is 1. The Hall–Kier alpha value is 0.270. The minimum atomic E-state index is 0.317. The molecule has 0 bridgehead atoms. The second-order valence-corrected chi connectivity index (χ2v) is 3.49. The average molecular weight is 147 g/mol. The molecule has 1 rings (SSSR count). The Morgan fingerprint density at radius 1 is 1.78 bits per heavy atom. The van der Waals surface area contributed by atoms with Crippen molar-refractivity contribution in [2.24, 2.45) is 0 Å². The van der Waals surface area contributed by atoms with Crippen LogP contribution >= 0.6 is 11.8 Å². The van der Waals surface area contributed by atoms with E-state index >= 15 is 0 Å². The lowest BCUT2D eigenvalue weighted by molar-refractivity contribution is 0.157. The van der Waals surface area contributed by atoms with Crippen LogP contribution in [0.5, 0.6) is 0 Å². The Labute approximate surface area is 60.2 Å². The van der Waals surface area contributed by atoms with Gasteiger partial charge >= 0.3 is 0 Å². The monoisotopic (exact) mass is 147 g/mol. The highest BCUT2D eigenvalue weighted by Gasteiger charge is 2.17. The molecule has 1 unspecified atom stereocenters. The maximum Gasteiger partial charge on any atom is 0.0587 e. The summed E-state index contributed by atoms with van der Waals surface area (Å²) in [7, 11) is 2.06. The van der Waals surface area contributed by atoms with E-state index in [0.29, 0.717) is 12.6 Å². The third kappa shape index (κ3) is 1.85. The normalized spacial score (nSPS) is 30.7. The lowest BCUT2D eigenvalue weighted by Gasteiger charge is -2.30. The maximum atomic E-state index is 8.81. The van der Waals surface area contributed by atoms with E-state index in [9.17, 15) is 0 Å². The lowest BCUT2D eigenvalue weighted by atomic mass is 10.2. The van der Waals surface area contributed by atoms with Crippen molar-refractivity contribution in [2.75, 3.05) is 25.3 Å². The van der Waals surface area contributed by atoms with E-state index in [1.54, 1.807) is 0 Å². The van der Waals surface area contributed by atoms with E-state index in [2.05, 4.69) is 11.9 Å². The highest BCUT2D eigenvalue weighted by molar-refractivity contribution is 7.99. The van der Waals surface area contributed by atoms with Gasteiger partial charge in [-0.1, -0.05) is 0 Å². The molecule has 3 heteroatoms. The molecule has 9 heavy (non-hydrogen) atoms. The van der Waals surface area contributed by atoms with E-state index in [1.165, 1.54) is 5.75 Å². The Bertz CT molecular complexity index is 89.1. The molecule has 2 nitrogen and oxygen atoms in total. The molecule has 1 saturated heterocycles. The summed E-state index contributed by atoms with van der Waals surface area (Å²) in [4.78, 5) is 2.20. The summed E-state index contributed by atoms with van der Waals surface area (Å²) >= 11 is 1.94. The molecule has 1 N–H and O–H groups in total. The molecule has 0 radical (unpaired) electrons. The molecule has 0 aromatic rings. The molecule has 0 saturated carbocycles. The molecule has 0 aromatic heterocycles. The van der Waals surface area contributed by atoms with Crippen molar-refractivity contribution in [3.63, 3.8) is 0 Å². The summed E-state index contributed by atoms with van der Waals surface area (Å²) < 4.78 is 0. The van der Waals surface area contributed by atoms with Crippen LogP contribution in [-0.4, -0.2) is 41.3 Å². The standard InChI is InChI=1S/C6H13NOS/c1-7-5-9-3-2-6(7)4-8/h6,8H,2-5H2,1H3. The highest BCUT2D eigenvalue weighted by atomic mass is 32.2. The lowest BCUT2D eigenvalue weighted by Crippen LogP contribution is -2.38. The number of hydrogen-bond acceptors (Lipinski definition) is 3. The van der Waals surface area contributed by atoms with Crippen LogP contribution in [0.15, 0.2) is 0 Å². The molecule has 54 valence electrons. The Kier molecular flexibility index (Phi) is 2.82. The van der Waals surface area contributed by atoms with Crippen LogP contribution < -0.4 is 0 Å². The number of hydrogen-bond donors (Lipinski definition) is 1. The van der Waals surface area contributed by atoms with Gasteiger partial charge in [-0.2, -0.15) is 0 Å². The first-order chi connectivity index (χ1) is 4.34. The molecule has 1 aliphatic heterocycles. The van der Waals surface area contributed by atoms with Crippen molar-refractivity contribution in [2.45, 2.75) is 12.5 Å². The number of likely N-dealkylation sites (N-methyl/N-ethyl adjacent to an activating group) is 1. The van der Waals surface area contributed by atoms with E-state index in [4.69, 9.17) is 5.11 Å². The fourth-order valence-corrected chi connectivity index (χ4v) is 2.05. The summed E-state index contributed by atoms with van der Waals surface area (Å²) in [6.45, 7) is 0.317. The highest BCUT2D eigenvalue weighted by Crippen LogP contribution is 2.17. The summed E-state index contributed by atoms with van der Waals surface area (Å²) in [6, 6.07) is 0.422. The van der Waals surface area contributed by atoms with Crippen LogP contribution in [0.4, 0.5) is 0 Å². The van der Waals surface area contributed by atoms with Crippen LogP contribution in [0, 0.1) is 0 Å². The number of nitrogens with zero attached hydrogens (tertiary/aromatic N) is 1. The molecule has 0 aromatic carbocycles. The molecule has 1 atom stereocenters. The summed E-state index contributed by atoms with van der Waals surface area (Å²) in [5, 5.41) is 8.81. The van der Waals surface area contributed by atoms with Crippen molar-refractivity contribution in [1.82, 2.24) is 4.90 Å². The Morgan fingerprint density at radius 3 is 3.00 bits per heavy atom. The van der Waals surface area contributed by atoms with Gasteiger partial charge < -0.3 is 5.11 Å². The SMILES string of the molecule is CN1CSCCC1CO. The Balaban J connectivity index is 2.30. The van der Waals surface area contributed by atoms with Gasteiger partial charge in [-0.25, -0.2) is 0 Å².